The van der Waals surface area contributed by atoms with Crippen LogP contribution in [-0.4, -0.2) is 20.4 Å². The van der Waals surface area contributed by atoms with Crippen molar-refractivity contribution in [1.82, 2.24) is 5.32 Å². The third kappa shape index (κ3) is 2.58. The van der Waals surface area contributed by atoms with Crippen LogP contribution < -0.4 is 10.6 Å². The van der Waals surface area contributed by atoms with Crippen molar-refractivity contribution in [1.29, 1.82) is 0 Å². The zero-order chi connectivity index (χ0) is 10.6. The minimum absolute atomic E-state index is 0.0854. The van der Waals surface area contributed by atoms with Crippen molar-refractivity contribution in [3.05, 3.63) is 29.3 Å². The summed E-state index contributed by atoms with van der Waals surface area (Å²) in [7, 11) is 1.88. The van der Waals surface area contributed by atoms with Crippen LogP contribution in [0.2, 0.25) is 0 Å². The summed E-state index contributed by atoms with van der Waals surface area (Å²) in [6, 6.07) is 6.27. The Bertz CT molecular complexity index is 350. The summed E-state index contributed by atoms with van der Waals surface area (Å²) in [4.78, 5) is 0. The Morgan fingerprint density at radius 3 is 2.64 bits per heavy atom. The van der Waals surface area contributed by atoms with Crippen molar-refractivity contribution >= 4 is 13.2 Å². The van der Waals surface area contributed by atoms with Gasteiger partial charge in [-0.15, -0.1) is 6.42 Å². The van der Waals surface area contributed by atoms with Crippen LogP contribution >= 0.6 is 7.92 Å². The molecule has 0 heterocycles. The van der Waals surface area contributed by atoms with E-state index in [2.05, 4.69) is 36.7 Å². The molecule has 0 radical (unpaired) electrons. The van der Waals surface area contributed by atoms with Gasteiger partial charge >= 0.3 is 0 Å². The molecule has 0 amide bonds. The molecule has 0 aliphatic rings. The van der Waals surface area contributed by atoms with Gasteiger partial charge < -0.3 is 5.32 Å². The first-order valence-corrected chi connectivity index (χ1v) is 6.84. The fourth-order valence-corrected chi connectivity index (χ4v) is 2.54. The van der Waals surface area contributed by atoms with Gasteiger partial charge in [-0.05, 0) is 43.4 Å². The Labute approximate surface area is 87.7 Å². The van der Waals surface area contributed by atoms with E-state index in [1.165, 1.54) is 10.9 Å². The molecule has 14 heavy (non-hydrogen) atoms. The number of terminal acetylenes is 1. The van der Waals surface area contributed by atoms with Crippen molar-refractivity contribution in [2.45, 2.75) is 6.54 Å². The summed E-state index contributed by atoms with van der Waals surface area (Å²) >= 11 is 0. The van der Waals surface area contributed by atoms with Gasteiger partial charge in [0, 0.05) is 12.1 Å². The van der Waals surface area contributed by atoms with E-state index in [4.69, 9.17) is 6.42 Å². The number of benzene rings is 1. The van der Waals surface area contributed by atoms with E-state index >= 15 is 0 Å². The van der Waals surface area contributed by atoms with E-state index in [0.29, 0.717) is 0 Å². The highest BCUT2D eigenvalue weighted by Crippen LogP contribution is 2.26. The fourth-order valence-electron chi connectivity index (χ4n) is 1.41. The number of hydrogen-bond acceptors (Lipinski definition) is 1. The van der Waals surface area contributed by atoms with Gasteiger partial charge in [-0.25, -0.2) is 0 Å². The van der Waals surface area contributed by atoms with E-state index in [-0.39, 0.29) is 7.92 Å². The quantitative estimate of drug-likeness (QED) is 0.585. The van der Waals surface area contributed by atoms with Gasteiger partial charge in [-0.3, -0.25) is 0 Å². The van der Waals surface area contributed by atoms with E-state index in [9.17, 15) is 0 Å². The maximum Gasteiger partial charge on any atom is 0.0249 e. The highest BCUT2D eigenvalue weighted by molar-refractivity contribution is 7.64. The summed E-state index contributed by atoms with van der Waals surface area (Å²) < 4.78 is 0. The average Bonchev–Trinajstić information content (AvgIpc) is 2.18. The molecule has 0 spiro atoms. The van der Waals surface area contributed by atoms with Gasteiger partial charge in [0.05, 0.1) is 0 Å². The van der Waals surface area contributed by atoms with Crippen molar-refractivity contribution in [2.24, 2.45) is 0 Å². The van der Waals surface area contributed by atoms with Crippen molar-refractivity contribution < 1.29 is 0 Å². The van der Waals surface area contributed by atoms with E-state index in [1.54, 1.807) is 0 Å². The lowest BCUT2D eigenvalue weighted by molar-refractivity contribution is 0.822. The van der Waals surface area contributed by atoms with Gasteiger partial charge in [-0.2, -0.15) is 0 Å². The van der Waals surface area contributed by atoms with Crippen LogP contribution in [0.4, 0.5) is 0 Å². The first kappa shape index (κ1) is 11.2. The van der Waals surface area contributed by atoms with Crippen LogP contribution in [0.3, 0.4) is 0 Å². The number of rotatable bonds is 3. The first-order valence-electron chi connectivity index (χ1n) is 4.60. The maximum absolute atomic E-state index is 5.38. The van der Waals surface area contributed by atoms with E-state index in [0.717, 1.165) is 12.1 Å². The lowest BCUT2D eigenvalue weighted by atomic mass is 10.1. The second-order valence-electron chi connectivity index (χ2n) is 3.41. The zero-order valence-corrected chi connectivity index (χ0v) is 9.86. The molecule has 1 N–H and O–H groups in total. The SMILES string of the molecule is C#Cc1ccc(CNC)c(P(C)C)c1. The molecular formula is C12H16NP. The molecule has 1 aromatic rings. The van der Waals surface area contributed by atoms with Gasteiger partial charge in [0.1, 0.15) is 0 Å². The fraction of sp³-hybridized carbons (Fsp3) is 0.333. The highest BCUT2D eigenvalue weighted by atomic mass is 31.1. The summed E-state index contributed by atoms with van der Waals surface area (Å²) in [6.07, 6.45) is 5.38. The molecule has 74 valence electrons. The molecule has 0 bridgehead atoms. The summed E-state index contributed by atoms with van der Waals surface area (Å²) in [5, 5.41) is 4.58. The zero-order valence-electron chi connectivity index (χ0n) is 8.96. The lowest BCUT2D eigenvalue weighted by Crippen LogP contribution is -2.15. The van der Waals surface area contributed by atoms with Gasteiger partial charge in [0.25, 0.3) is 0 Å². The Hall–Kier alpha value is -0.830. The summed E-state index contributed by atoms with van der Waals surface area (Å²) in [5.74, 6) is 2.68. The van der Waals surface area contributed by atoms with Crippen molar-refractivity contribution in [2.75, 3.05) is 20.4 Å². The molecule has 0 atom stereocenters. The van der Waals surface area contributed by atoms with Crippen LogP contribution in [0.15, 0.2) is 18.2 Å². The van der Waals surface area contributed by atoms with Crippen molar-refractivity contribution in [3.63, 3.8) is 0 Å². The Morgan fingerprint density at radius 2 is 2.14 bits per heavy atom. The second kappa shape index (κ2) is 5.15. The summed E-state index contributed by atoms with van der Waals surface area (Å²) in [5.41, 5.74) is 2.35. The van der Waals surface area contributed by atoms with Crippen LogP contribution in [0.25, 0.3) is 0 Å². The second-order valence-corrected chi connectivity index (χ2v) is 5.68. The molecule has 2 heteroatoms. The molecular weight excluding hydrogens is 189 g/mol. The molecule has 0 saturated carbocycles. The standard InChI is InChI=1S/C12H16NP/c1-5-10-6-7-11(9-13-2)12(8-10)14(3)4/h1,6-8,13H,9H2,2-4H3. The Kier molecular flexibility index (Phi) is 4.14. The Morgan fingerprint density at radius 1 is 1.43 bits per heavy atom. The number of hydrogen-bond donors (Lipinski definition) is 1. The molecule has 0 saturated heterocycles. The smallest absolute Gasteiger partial charge is 0.0249 e. The third-order valence-corrected chi connectivity index (χ3v) is 3.48. The predicted octanol–water partition coefficient (Wildman–Crippen LogP) is 1.75. The minimum atomic E-state index is -0.0854. The number of nitrogens with one attached hydrogen (secondary N) is 1. The van der Waals surface area contributed by atoms with Crippen molar-refractivity contribution in [3.8, 4) is 12.3 Å². The molecule has 0 aliphatic heterocycles. The van der Waals surface area contributed by atoms with E-state index in [1.807, 2.05) is 13.1 Å². The van der Waals surface area contributed by atoms with Crippen LogP contribution in [0, 0.1) is 12.3 Å². The molecule has 0 aliphatic carbocycles. The monoisotopic (exact) mass is 205 g/mol. The van der Waals surface area contributed by atoms with Gasteiger partial charge in [-0.1, -0.05) is 19.9 Å². The largest absolute Gasteiger partial charge is 0.316 e. The van der Waals surface area contributed by atoms with Crippen LogP contribution in [0.5, 0.6) is 0 Å². The molecule has 0 unspecified atom stereocenters. The van der Waals surface area contributed by atoms with E-state index < -0.39 is 0 Å². The predicted molar refractivity (Wildman–Crippen MR) is 65.5 cm³/mol. The highest BCUT2D eigenvalue weighted by Gasteiger charge is 2.05. The van der Waals surface area contributed by atoms with Crippen LogP contribution in [-0.2, 0) is 6.54 Å². The minimum Gasteiger partial charge on any atom is -0.316 e. The van der Waals surface area contributed by atoms with Gasteiger partial charge in [0.2, 0.25) is 0 Å². The molecule has 1 rings (SSSR count). The van der Waals surface area contributed by atoms with Crippen LogP contribution in [0.1, 0.15) is 11.1 Å². The first-order chi connectivity index (χ1) is 6.69. The topological polar surface area (TPSA) is 12.0 Å². The normalized spacial score (nSPS) is 10.2. The molecule has 0 aromatic heterocycles. The lowest BCUT2D eigenvalue weighted by Gasteiger charge is -2.13. The Balaban J connectivity index is 3.12. The summed E-state index contributed by atoms with van der Waals surface area (Å²) in [6.45, 7) is 5.43. The van der Waals surface area contributed by atoms with Gasteiger partial charge in [0.15, 0.2) is 0 Å². The molecule has 1 aromatic carbocycles. The molecule has 0 fully saturated rings. The third-order valence-electron chi connectivity index (χ3n) is 2.10. The maximum atomic E-state index is 5.38. The molecule has 1 nitrogen and oxygen atoms in total. The average molecular weight is 205 g/mol.